The van der Waals surface area contributed by atoms with Gasteiger partial charge in [-0.05, 0) is 41.8 Å². The summed E-state index contributed by atoms with van der Waals surface area (Å²) in [6.45, 7) is 4.75. The van der Waals surface area contributed by atoms with E-state index in [0.29, 0.717) is 30.3 Å². The number of rotatable bonds is 4. The van der Waals surface area contributed by atoms with Crippen molar-refractivity contribution in [3.05, 3.63) is 65.7 Å². The molecule has 1 aliphatic heterocycles. The van der Waals surface area contributed by atoms with E-state index in [1.54, 1.807) is 17.0 Å². The van der Waals surface area contributed by atoms with E-state index in [2.05, 4.69) is 36.1 Å². The van der Waals surface area contributed by atoms with Crippen molar-refractivity contribution in [1.29, 1.82) is 0 Å². The van der Waals surface area contributed by atoms with Gasteiger partial charge in [-0.1, -0.05) is 37.2 Å². The van der Waals surface area contributed by atoms with E-state index in [1.807, 2.05) is 12.1 Å². The Labute approximate surface area is 156 Å². The Morgan fingerprint density at radius 2 is 2.00 bits per heavy atom. The van der Waals surface area contributed by atoms with E-state index >= 15 is 0 Å². The third kappa shape index (κ3) is 3.47. The molecule has 1 unspecified atom stereocenters. The molecule has 0 spiro atoms. The fourth-order valence-electron chi connectivity index (χ4n) is 3.32. The van der Waals surface area contributed by atoms with Crippen molar-refractivity contribution in [3.63, 3.8) is 0 Å². The maximum atomic E-state index is 13.4. The Bertz CT molecular complexity index is 983. The molecule has 6 heteroatoms. The lowest BCUT2D eigenvalue weighted by molar-refractivity contribution is -0.117. The monoisotopic (exact) mass is 365 g/mol. The summed E-state index contributed by atoms with van der Waals surface area (Å²) in [6, 6.07) is 14.1. The lowest BCUT2D eigenvalue weighted by Crippen LogP contribution is -2.24. The van der Waals surface area contributed by atoms with Crippen molar-refractivity contribution in [2.45, 2.75) is 32.1 Å². The van der Waals surface area contributed by atoms with Crippen LogP contribution in [0.5, 0.6) is 0 Å². The molecule has 2 heterocycles. The molecule has 0 saturated carbocycles. The lowest BCUT2D eigenvalue weighted by atomic mass is 10.0. The van der Waals surface area contributed by atoms with Crippen molar-refractivity contribution < 1.29 is 13.7 Å². The molecule has 5 nitrogen and oxygen atoms in total. The second-order valence-electron chi connectivity index (χ2n) is 7.12. The average Bonchev–Trinajstić information content (AvgIpc) is 3.28. The molecule has 0 aliphatic carbocycles. The van der Waals surface area contributed by atoms with Crippen molar-refractivity contribution >= 4 is 11.6 Å². The predicted molar refractivity (Wildman–Crippen MR) is 99.9 cm³/mol. The summed E-state index contributed by atoms with van der Waals surface area (Å²) in [5, 5.41) is 4.03. The van der Waals surface area contributed by atoms with Crippen LogP contribution in [0.4, 0.5) is 10.1 Å². The van der Waals surface area contributed by atoms with Gasteiger partial charge < -0.3 is 9.42 Å². The minimum absolute atomic E-state index is 0.0398. The number of nitrogens with zero attached hydrogens (tertiary/aromatic N) is 3. The summed E-state index contributed by atoms with van der Waals surface area (Å²) in [7, 11) is 0. The van der Waals surface area contributed by atoms with Gasteiger partial charge in [0.15, 0.2) is 5.82 Å². The van der Waals surface area contributed by atoms with Crippen LogP contribution in [0.2, 0.25) is 0 Å². The molecule has 1 atom stereocenters. The van der Waals surface area contributed by atoms with Gasteiger partial charge in [0.2, 0.25) is 5.91 Å². The van der Waals surface area contributed by atoms with E-state index < -0.39 is 0 Å². The number of hydrogen-bond donors (Lipinski definition) is 0. The van der Waals surface area contributed by atoms with Crippen LogP contribution < -0.4 is 4.90 Å². The van der Waals surface area contributed by atoms with Gasteiger partial charge in [-0.2, -0.15) is 4.98 Å². The van der Waals surface area contributed by atoms with E-state index in [0.717, 1.165) is 5.69 Å². The Morgan fingerprint density at radius 1 is 1.19 bits per heavy atom. The number of aromatic nitrogens is 2. The van der Waals surface area contributed by atoms with Crippen molar-refractivity contribution in [2.75, 3.05) is 11.4 Å². The quantitative estimate of drug-likeness (QED) is 0.682. The zero-order chi connectivity index (χ0) is 19.0. The van der Waals surface area contributed by atoms with Gasteiger partial charge in [0.25, 0.3) is 5.89 Å². The summed E-state index contributed by atoms with van der Waals surface area (Å²) in [5.41, 5.74) is 2.61. The van der Waals surface area contributed by atoms with Crippen LogP contribution in [0.1, 0.15) is 43.5 Å². The third-order valence-electron chi connectivity index (χ3n) is 4.85. The first-order chi connectivity index (χ1) is 13.0. The maximum Gasteiger partial charge on any atom is 0.258 e. The third-order valence-corrected chi connectivity index (χ3v) is 4.85. The van der Waals surface area contributed by atoms with Crippen LogP contribution in [0, 0.1) is 5.82 Å². The zero-order valence-corrected chi connectivity index (χ0v) is 15.2. The first-order valence-corrected chi connectivity index (χ1v) is 9.01. The molecule has 1 saturated heterocycles. The highest BCUT2D eigenvalue weighted by Gasteiger charge is 2.34. The number of benzene rings is 2. The number of halogens is 1. The molecule has 27 heavy (non-hydrogen) atoms. The number of amides is 1. The summed E-state index contributed by atoms with van der Waals surface area (Å²) in [5.74, 6) is 0.663. The molecule has 3 aromatic rings. The SMILES string of the molecule is CC(C)c1cccc(N2CC(c3noc(-c4cccc(F)c4)n3)CC2=O)c1. The molecule has 1 aliphatic rings. The highest BCUT2D eigenvalue weighted by molar-refractivity contribution is 5.96. The van der Waals surface area contributed by atoms with Crippen molar-refractivity contribution in [3.8, 4) is 11.5 Å². The first-order valence-electron chi connectivity index (χ1n) is 9.01. The van der Waals surface area contributed by atoms with Crippen molar-refractivity contribution in [1.82, 2.24) is 10.1 Å². The molecule has 138 valence electrons. The fraction of sp³-hybridized carbons (Fsp3) is 0.286. The van der Waals surface area contributed by atoms with Crippen LogP contribution in [0.15, 0.2) is 53.1 Å². The van der Waals surface area contributed by atoms with Crippen LogP contribution >= 0.6 is 0 Å². The fourth-order valence-corrected chi connectivity index (χ4v) is 3.32. The van der Waals surface area contributed by atoms with Gasteiger partial charge in [-0.15, -0.1) is 0 Å². The lowest BCUT2D eigenvalue weighted by Gasteiger charge is -2.18. The maximum absolute atomic E-state index is 13.4. The summed E-state index contributed by atoms with van der Waals surface area (Å²) in [4.78, 5) is 18.7. The summed E-state index contributed by atoms with van der Waals surface area (Å²) < 4.78 is 18.7. The van der Waals surface area contributed by atoms with E-state index in [9.17, 15) is 9.18 Å². The van der Waals surface area contributed by atoms with Gasteiger partial charge in [0.05, 0.1) is 0 Å². The Balaban J connectivity index is 1.55. The van der Waals surface area contributed by atoms with Gasteiger partial charge >= 0.3 is 0 Å². The van der Waals surface area contributed by atoms with Gasteiger partial charge in [-0.25, -0.2) is 4.39 Å². The van der Waals surface area contributed by atoms with Crippen LogP contribution in [-0.2, 0) is 4.79 Å². The second-order valence-corrected chi connectivity index (χ2v) is 7.12. The van der Waals surface area contributed by atoms with Crippen LogP contribution in [0.3, 0.4) is 0 Å². The molecule has 0 radical (unpaired) electrons. The second kappa shape index (κ2) is 6.95. The zero-order valence-electron chi connectivity index (χ0n) is 15.2. The van der Waals surface area contributed by atoms with Gasteiger partial charge in [-0.3, -0.25) is 4.79 Å². The molecular weight excluding hydrogens is 345 g/mol. The van der Waals surface area contributed by atoms with Gasteiger partial charge in [0, 0.05) is 30.1 Å². The number of carbonyl (C=O) groups excluding carboxylic acids is 1. The molecule has 2 aromatic carbocycles. The van der Waals surface area contributed by atoms with E-state index in [4.69, 9.17) is 4.52 Å². The molecular formula is C21H20FN3O2. The molecule has 1 amide bonds. The minimum atomic E-state index is -0.362. The van der Waals surface area contributed by atoms with Crippen LogP contribution in [-0.4, -0.2) is 22.6 Å². The Morgan fingerprint density at radius 3 is 2.78 bits per heavy atom. The van der Waals surface area contributed by atoms with E-state index in [-0.39, 0.29) is 23.5 Å². The molecule has 0 bridgehead atoms. The largest absolute Gasteiger partial charge is 0.334 e. The first kappa shape index (κ1) is 17.4. The molecule has 4 rings (SSSR count). The topological polar surface area (TPSA) is 59.2 Å². The Hall–Kier alpha value is -3.02. The van der Waals surface area contributed by atoms with E-state index in [1.165, 1.54) is 17.7 Å². The number of anilines is 1. The highest BCUT2D eigenvalue weighted by atomic mass is 19.1. The number of carbonyl (C=O) groups is 1. The highest BCUT2D eigenvalue weighted by Crippen LogP contribution is 2.32. The molecule has 1 aromatic heterocycles. The van der Waals surface area contributed by atoms with Crippen molar-refractivity contribution in [2.24, 2.45) is 0 Å². The standard InChI is InChI=1S/C21H20FN3O2/c1-13(2)14-5-4-8-18(10-14)25-12-16(11-19(25)26)20-23-21(27-24-20)15-6-3-7-17(22)9-15/h3-10,13,16H,11-12H2,1-2H3. The number of hydrogen-bond acceptors (Lipinski definition) is 4. The summed E-state index contributed by atoms with van der Waals surface area (Å²) in [6.07, 6.45) is 0.327. The smallest absolute Gasteiger partial charge is 0.258 e. The predicted octanol–water partition coefficient (Wildman–Crippen LogP) is 4.52. The minimum Gasteiger partial charge on any atom is -0.334 e. The summed E-state index contributed by atoms with van der Waals surface area (Å²) >= 11 is 0. The normalized spacial score (nSPS) is 17.1. The van der Waals surface area contributed by atoms with Crippen LogP contribution in [0.25, 0.3) is 11.5 Å². The Kier molecular flexibility index (Phi) is 4.48. The molecule has 0 N–H and O–H groups in total. The molecule has 1 fully saturated rings. The van der Waals surface area contributed by atoms with Gasteiger partial charge in [0.1, 0.15) is 5.82 Å². The average molecular weight is 365 g/mol.